The molecule has 1 aromatic carbocycles. The lowest BCUT2D eigenvalue weighted by molar-refractivity contribution is -0.396. The zero-order chi connectivity index (χ0) is 17.0. The van der Waals surface area contributed by atoms with Gasteiger partial charge in [0.2, 0.25) is 0 Å². The number of hydrogen-bond acceptors (Lipinski definition) is 4. The number of nitro benzene ring substituents is 2. The summed E-state index contributed by atoms with van der Waals surface area (Å²) in [4.78, 5) is 22.0. The van der Waals surface area contributed by atoms with Crippen molar-refractivity contribution in [1.29, 1.82) is 0 Å². The van der Waals surface area contributed by atoms with Gasteiger partial charge in [0.1, 0.15) is 5.56 Å². The molecular weight excluding hydrogens is 284 g/mol. The minimum absolute atomic E-state index is 0.0891. The van der Waals surface area contributed by atoms with E-state index in [1.165, 1.54) is 6.92 Å². The highest BCUT2D eigenvalue weighted by Gasteiger charge is 2.48. The molecule has 1 aromatic rings. The van der Waals surface area contributed by atoms with Gasteiger partial charge in [-0.05, 0) is 35.7 Å². The first-order chi connectivity index (χ1) is 9.91. The van der Waals surface area contributed by atoms with Crippen LogP contribution < -0.4 is 0 Å². The van der Waals surface area contributed by atoms with Crippen LogP contribution in [0.2, 0.25) is 0 Å². The molecule has 1 unspecified atom stereocenters. The van der Waals surface area contributed by atoms with Crippen LogP contribution >= 0.6 is 0 Å². The summed E-state index contributed by atoms with van der Waals surface area (Å²) in [6.07, 6.45) is 0.838. The maximum Gasteiger partial charge on any atom is 0.283 e. The third-order valence-electron chi connectivity index (χ3n) is 5.33. The van der Waals surface area contributed by atoms with Gasteiger partial charge in [0, 0.05) is 11.6 Å². The highest BCUT2D eigenvalue weighted by atomic mass is 16.6. The van der Waals surface area contributed by atoms with Crippen molar-refractivity contribution in [2.45, 2.75) is 58.8 Å². The Morgan fingerprint density at radius 2 is 1.68 bits per heavy atom. The van der Waals surface area contributed by atoms with E-state index in [1.54, 1.807) is 6.07 Å². The molecule has 0 aliphatic heterocycles. The largest absolute Gasteiger partial charge is 0.283 e. The predicted octanol–water partition coefficient (Wildman–Crippen LogP) is 4.41. The number of nitro groups is 2. The SMILES string of the molecule is Cc1c([N+](=O)[O-])cc2c(c1[N+](=O)[O-])C(C)(C)C(C)CC2(C)C. The van der Waals surface area contributed by atoms with E-state index < -0.39 is 15.3 Å². The Hall–Kier alpha value is -1.98. The van der Waals surface area contributed by atoms with Gasteiger partial charge in [0.15, 0.2) is 0 Å². The molecule has 0 fully saturated rings. The summed E-state index contributed by atoms with van der Waals surface area (Å²) in [7, 11) is 0. The molecule has 0 saturated heterocycles. The smallest absolute Gasteiger partial charge is 0.258 e. The first-order valence-corrected chi connectivity index (χ1v) is 7.38. The van der Waals surface area contributed by atoms with Crippen molar-refractivity contribution in [3.8, 4) is 0 Å². The first kappa shape index (κ1) is 16.4. The average molecular weight is 306 g/mol. The summed E-state index contributed by atoms with van der Waals surface area (Å²) in [5, 5.41) is 23.0. The van der Waals surface area contributed by atoms with Crippen molar-refractivity contribution in [1.82, 2.24) is 0 Å². The quantitative estimate of drug-likeness (QED) is 0.598. The van der Waals surface area contributed by atoms with E-state index in [1.807, 2.05) is 27.7 Å². The summed E-state index contributed by atoms with van der Waals surface area (Å²) in [6, 6.07) is 1.55. The molecular formula is C16H22N2O4. The molecule has 1 aliphatic rings. The Kier molecular flexibility index (Phi) is 3.55. The molecule has 0 aromatic heterocycles. The van der Waals surface area contributed by atoms with Crippen LogP contribution in [0.3, 0.4) is 0 Å². The van der Waals surface area contributed by atoms with Crippen molar-refractivity contribution < 1.29 is 9.85 Å². The number of nitrogens with zero attached hydrogens (tertiary/aromatic N) is 2. The number of hydrogen-bond donors (Lipinski definition) is 0. The fourth-order valence-electron chi connectivity index (χ4n) is 3.73. The van der Waals surface area contributed by atoms with Crippen LogP contribution in [0.15, 0.2) is 6.07 Å². The molecule has 22 heavy (non-hydrogen) atoms. The lowest BCUT2D eigenvalue weighted by Gasteiger charge is -2.45. The zero-order valence-corrected chi connectivity index (χ0v) is 13.9. The molecule has 0 amide bonds. The van der Waals surface area contributed by atoms with E-state index >= 15 is 0 Å². The topological polar surface area (TPSA) is 86.3 Å². The second-order valence-electron chi connectivity index (χ2n) is 7.52. The Morgan fingerprint density at radius 1 is 1.14 bits per heavy atom. The van der Waals surface area contributed by atoms with Gasteiger partial charge in [0.05, 0.1) is 9.85 Å². The maximum atomic E-state index is 11.7. The zero-order valence-electron chi connectivity index (χ0n) is 13.9. The van der Waals surface area contributed by atoms with Crippen LogP contribution in [0.25, 0.3) is 0 Å². The third-order valence-corrected chi connectivity index (χ3v) is 5.33. The van der Waals surface area contributed by atoms with Gasteiger partial charge in [-0.1, -0.05) is 34.6 Å². The van der Waals surface area contributed by atoms with Gasteiger partial charge in [-0.25, -0.2) is 0 Å². The van der Waals surface area contributed by atoms with Crippen molar-refractivity contribution in [3.63, 3.8) is 0 Å². The fraction of sp³-hybridized carbons (Fsp3) is 0.625. The number of benzene rings is 1. The summed E-state index contributed by atoms with van der Waals surface area (Å²) >= 11 is 0. The van der Waals surface area contributed by atoms with E-state index in [9.17, 15) is 20.2 Å². The van der Waals surface area contributed by atoms with Gasteiger partial charge in [0.25, 0.3) is 11.4 Å². The average Bonchev–Trinajstić information content (AvgIpc) is 2.34. The first-order valence-electron chi connectivity index (χ1n) is 7.38. The minimum atomic E-state index is -0.524. The van der Waals surface area contributed by atoms with Crippen LogP contribution in [0.5, 0.6) is 0 Å². The molecule has 0 saturated carbocycles. The molecule has 6 heteroatoms. The standard InChI is InChI=1S/C16H22N2O4/c1-9-8-15(3,4)11-7-12(17(19)20)10(2)14(18(21)22)13(11)16(9,5)6/h7,9H,8H2,1-6H3. The number of fused-ring (bicyclic) bond motifs is 1. The summed E-state index contributed by atoms with van der Waals surface area (Å²) in [5.74, 6) is 0.245. The van der Waals surface area contributed by atoms with Crippen molar-refractivity contribution in [3.05, 3.63) is 43.0 Å². The number of rotatable bonds is 2. The lowest BCUT2D eigenvalue weighted by Crippen LogP contribution is -2.41. The molecule has 0 radical (unpaired) electrons. The van der Waals surface area contributed by atoms with Crippen LogP contribution in [0, 0.1) is 33.1 Å². The van der Waals surface area contributed by atoms with E-state index in [-0.39, 0.29) is 28.3 Å². The molecule has 1 aliphatic carbocycles. The van der Waals surface area contributed by atoms with Gasteiger partial charge < -0.3 is 0 Å². The Bertz CT molecular complexity index is 677. The molecule has 0 heterocycles. The Labute approximate surface area is 129 Å². The molecule has 2 rings (SSSR count). The molecule has 0 bridgehead atoms. The third kappa shape index (κ3) is 2.17. The molecule has 1 atom stereocenters. The van der Waals surface area contributed by atoms with E-state index in [4.69, 9.17) is 0 Å². The Balaban J connectivity index is 3.00. The van der Waals surface area contributed by atoms with Crippen LogP contribution in [-0.4, -0.2) is 9.85 Å². The van der Waals surface area contributed by atoms with Gasteiger partial charge >= 0.3 is 0 Å². The predicted molar refractivity (Wildman–Crippen MR) is 84.3 cm³/mol. The highest BCUT2D eigenvalue weighted by Crippen LogP contribution is 2.54. The summed E-state index contributed by atoms with van der Waals surface area (Å²) < 4.78 is 0. The van der Waals surface area contributed by atoms with E-state index in [0.717, 1.165) is 12.0 Å². The molecule has 120 valence electrons. The van der Waals surface area contributed by atoms with Crippen molar-refractivity contribution >= 4 is 11.4 Å². The van der Waals surface area contributed by atoms with Gasteiger partial charge in [-0.2, -0.15) is 0 Å². The fourth-order valence-corrected chi connectivity index (χ4v) is 3.73. The van der Waals surface area contributed by atoms with E-state index in [0.29, 0.717) is 5.56 Å². The monoisotopic (exact) mass is 306 g/mol. The Morgan fingerprint density at radius 3 is 2.14 bits per heavy atom. The lowest BCUT2D eigenvalue weighted by atomic mass is 9.57. The molecule has 0 spiro atoms. The van der Waals surface area contributed by atoms with Crippen LogP contribution in [-0.2, 0) is 10.8 Å². The second kappa shape index (κ2) is 4.76. The minimum Gasteiger partial charge on any atom is -0.258 e. The second-order valence-corrected chi connectivity index (χ2v) is 7.52. The summed E-state index contributed by atoms with van der Waals surface area (Å²) in [5.41, 5.74) is 0.564. The van der Waals surface area contributed by atoms with Crippen LogP contribution in [0.4, 0.5) is 11.4 Å². The van der Waals surface area contributed by atoms with Gasteiger partial charge in [-0.15, -0.1) is 0 Å². The maximum absolute atomic E-state index is 11.7. The van der Waals surface area contributed by atoms with Crippen LogP contribution in [0.1, 0.15) is 57.7 Å². The van der Waals surface area contributed by atoms with Crippen molar-refractivity contribution in [2.24, 2.45) is 5.92 Å². The highest BCUT2D eigenvalue weighted by molar-refractivity contribution is 5.65. The van der Waals surface area contributed by atoms with E-state index in [2.05, 4.69) is 6.92 Å². The van der Waals surface area contributed by atoms with Crippen molar-refractivity contribution in [2.75, 3.05) is 0 Å². The normalized spacial score (nSPS) is 22.0. The molecule has 6 nitrogen and oxygen atoms in total. The summed E-state index contributed by atoms with van der Waals surface area (Å²) in [6.45, 7) is 11.5. The van der Waals surface area contributed by atoms with Gasteiger partial charge in [-0.3, -0.25) is 20.2 Å². The molecule has 0 N–H and O–H groups in total.